The van der Waals surface area contributed by atoms with Crippen LogP contribution in [0.3, 0.4) is 0 Å². The largest absolute Gasteiger partial charge is 0.352 e. The van der Waals surface area contributed by atoms with E-state index in [1.807, 2.05) is 19.9 Å². The summed E-state index contributed by atoms with van der Waals surface area (Å²) in [5.74, 6) is 0.151. The highest BCUT2D eigenvalue weighted by atomic mass is 32.2. The van der Waals surface area contributed by atoms with Crippen molar-refractivity contribution >= 4 is 33.4 Å². The third kappa shape index (κ3) is 4.95. The van der Waals surface area contributed by atoms with Gasteiger partial charge < -0.3 is 5.32 Å². The number of nitrogens with one attached hydrogen (secondary N) is 1. The molecule has 0 unspecified atom stereocenters. The number of benzene rings is 2. The molecule has 1 aliphatic rings. The topological polar surface area (TPSA) is 66.5 Å². The molecule has 156 valence electrons. The predicted octanol–water partition coefficient (Wildman–Crippen LogP) is 4.54. The maximum absolute atomic E-state index is 13.4. The fourth-order valence-electron chi connectivity index (χ4n) is 3.15. The Morgan fingerprint density at radius 3 is 2.52 bits per heavy atom. The van der Waals surface area contributed by atoms with Gasteiger partial charge in [0.2, 0.25) is 0 Å². The second-order valence-corrected chi connectivity index (χ2v) is 11.9. The van der Waals surface area contributed by atoms with Gasteiger partial charge in [0.15, 0.2) is 0 Å². The first kappa shape index (κ1) is 21.7. The number of thioether (sulfide) groups is 1. The highest BCUT2D eigenvalue weighted by molar-refractivity contribution is 8.01. The Labute approximate surface area is 177 Å². The summed E-state index contributed by atoms with van der Waals surface area (Å²) in [7, 11) is -3.73. The average Bonchev–Trinajstić information content (AvgIpc) is 2.81. The third-order valence-corrected chi connectivity index (χ3v) is 7.94. The van der Waals surface area contributed by atoms with Gasteiger partial charge in [0, 0.05) is 28.3 Å². The molecule has 0 spiro atoms. The molecule has 0 aromatic heterocycles. The van der Waals surface area contributed by atoms with E-state index in [1.54, 1.807) is 54.2 Å². The molecule has 1 aliphatic heterocycles. The van der Waals surface area contributed by atoms with E-state index >= 15 is 0 Å². The minimum atomic E-state index is -3.73. The summed E-state index contributed by atoms with van der Waals surface area (Å²) in [5, 5.41) is 2.91. The molecular weight excluding hydrogens is 404 g/mol. The molecule has 5 nitrogen and oxygen atoms in total. The first-order chi connectivity index (χ1) is 13.6. The molecule has 0 aliphatic carbocycles. The normalized spacial score (nSPS) is 16.2. The Hall–Kier alpha value is -1.99. The van der Waals surface area contributed by atoms with E-state index in [-0.39, 0.29) is 15.5 Å². The van der Waals surface area contributed by atoms with Gasteiger partial charge in [0.25, 0.3) is 15.9 Å². The number of fused-ring (bicyclic) bond motifs is 1. The van der Waals surface area contributed by atoms with Crippen LogP contribution in [-0.2, 0) is 10.0 Å². The Balaban J connectivity index is 2.06. The van der Waals surface area contributed by atoms with Crippen molar-refractivity contribution in [2.45, 2.75) is 48.7 Å². The van der Waals surface area contributed by atoms with Gasteiger partial charge in [0.05, 0.1) is 10.6 Å². The molecule has 0 saturated heterocycles. The van der Waals surface area contributed by atoms with E-state index in [0.29, 0.717) is 36.7 Å². The minimum Gasteiger partial charge on any atom is -0.352 e. The van der Waals surface area contributed by atoms with E-state index in [2.05, 4.69) is 19.2 Å². The first-order valence-electron chi connectivity index (χ1n) is 9.79. The van der Waals surface area contributed by atoms with Crippen LogP contribution in [0.25, 0.3) is 0 Å². The predicted molar refractivity (Wildman–Crippen MR) is 119 cm³/mol. The molecule has 2 aromatic rings. The Morgan fingerprint density at radius 2 is 1.86 bits per heavy atom. The highest BCUT2D eigenvalue weighted by Gasteiger charge is 2.34. The number of rotatable bonds is 5. The van der Waals surface area contributed by atoms with Crippen LogP contribution in [0, 0.1) is 5.92 Å². The van der Waals surface area contributed by atoms with Crippen LogP contribution in [-0.4, -0.2) is 32.2 Å². The van der Waals surface area contributed by atoms with Gasteiger partial charge in [-0.05, 0) is 42.7 Å². The van der Waals surface area contributed by atoms with Gasteiger partial charge >= 0.3 is 0 Å². The van der Waals surface area contributed by atoms with Crippen LogP contribution in [0.2, 0.25) is 0 Å². The maximum Gasteiger partial charge on any atom is 0.264 e. The number of carbonyl (C=O) groups is 1. The molecule has 29 heavy (non-hydrogen) atoms. The van der Waals surface area contributed by atoms with Crippen LogP contribution in [0.5, 0.6) is 0 Å². The molecule has 7 heteroatoms. The summed E-state index contributed by atoms with van der Waals surface area (Å²) >= 11 is 1.65. The zero-order chi connectivity index (χ0) is 21.2. The number of anilines is 1. The summed E-state index contributed by atoms with van der Waals surface area (Å²) in [6, 6.07) is 13.8. The number of carbonyl (C=O) groups excluding carboxylic acids is 1. The van der Waals surface area contributed by atoms with Crippen molar-refractivity contribution in [3.63, 3.8) is 0 Å². The van der Waals surface area contributed by atoms with E-state index in [0.717, 1.165) is 4.90 Å². The van der Waals surface area contributed by atoms with Gasteiger partial charge in [0.1, 0.15) is 0 Å². The van der Waals surface area contributed by atoms with Crippen LogP contribution in [0.1, 0.15) is 44.5 Å². The van der Waals surface area contributed by atoms with Gasteiger partial charge in [-0.1, -0.05) is 45.9 Å². The van der Waals surface area contributed by atoms with E-state index in [1.165, 1.54) is 4.31 Å². The molecule has 1 N–H and O–H groups in total. The fraction of sp³-hybridized carbons (Fsp3) is 0.409. The zero-order valence-electron chi connectivity index (χ0n) is 17.3. The molecule has 0 radical (unpaired) electrons. The number of hydrogen-bond acceptors (Lipinski definition) is 4. The first-order valence-corrected chi connectivity index (χ1v) is 12.0. The van der Waals surface area contributed by atoms with E-state index in [4.69, 9.17) is 0 Å². The number of hydrogen-bond donors (Lipinski definition) is 1. The Bertz CT molecular complexity index is 986. The summed E-state index contributed by atoms with van der Waals surface area (Å²) in [6.45, 7) is 9.23. The van der Waals surface area contributed by atoms with Crippen molar-refractivity contribution in [3.05, 3.63) is 54.1 Å². The lowest BCUT2D eigenvalue weighted by atomic mass is 10.1. The lowest BCUT2D eigenvalue weighted by Crippen LogP contribution is -2.34. The maximum atomic E-state index is 13.4. The van der Waals surface area contributed by atoms with E-state index < -0.39 is 10.0 Å². The quantitative estimate of drug-likeness (QED) is 0.753. The SMILES string of the molecule is CC(C)CNC(=O)c1ccc2c(c1)N(S(=O)(=O)c1ccccc1)CCC(C)(C)S2. The van der Waals surface area contributed by atoms with Gasteiger partial charge in [-0.25, -0.2) is 8.42 Å². The molecule has 2 aromatic carbocycles. The van der Waals surface area contributed by atoms with Gasteiger partial charge in [-0.2, -0.15) is 0 Å². The van der Waals surface area contributed by atoms with Crippen molar-refractivity contribution in [1.29, 1.82) is 0 Å². The molecule has 1 heterocycles. The monoisotopic (exact) mass is 432 g/mol. The molecule has 0 bridgehead atoms. The second kappa shape index (κ2) is 8.40. The lowest BCUT2D eigenvalue weighted by molar-refractivity contribution is 0.0949. The smallest absolute Gasteiger partial charge is 0.264 e. The fourth-order valence-corrected chi connectivity index (χ4v) is 5.90. The van der Waals surface area contributed by atoms with Crippen LogP contribution >= 0.6 is 11.8 Å². The minimum absolute atomic E-state index is 0.114. The van der Waals surface area contributed by atoms with Crippen LogP contribution < -0.4 is 9.62 Å². The summed E-state index contributed by atoms with van der Waals surface area (Å²) in [6.07, 6.45) is 0.702. The zero-order valence-corrected chi connectivity index (χ0v) is 18.9. The number of sulfonamides is 1. The average molecular weight is 433 g/mol. The highest BCUT2D eigenvalue weighted by Crippen LogP contribution is 2.45. The van der Waals surface area contributed by atoms with Crippen molar-refractivity contribution in [2.75, 3.05) is 17.4 Å². The molecule has 0 atom stereocenters. The lowest BCUT2D eigenvalue weighted by Gasteiger charge is -2.25. The summed E-state index contributed by atoms with van der Waals surface area (Å²) in [5.41, 5.74) is 1.04. The van der Waals surface area contributed by atoms with Crippen molar-refractivity contribution in [2.24, 2.45) is 5.92 Å². The van der Waals surface area contributed by atoms with Gasteiger partial charge in [-0.15, -0.1) is 11.8 Å². The van der Waals surface area contributed by atoms with Crippen LogP contribution in [0.4, 0.5) is 5.69 Å². The Kier molecular flexibility index (Phi) is 6.29. The molecule has 1 amide bonds. The molecule has 0 saturated carbocycles. The standard InChI is InChI=1S/C22H28N2O3S2/c1-16(2)15-23-21(25)17-10-11-20-19(14-17)24(13-12-22(3,4)28-20)29(26,27)18-8-6-5-7-9-18/h5-11,14,16H,12-13,15H2,1-4H3,(H,23,25). The summed E-state index contributed by atoms with van der Waals surface area (Å²) in [4.78, 5) is 13.7. The third-order valence-electron chi connectivity index (χ3n) is 4.80. The van der Waals surface area contributed by atoms with Crippen molar-refractivity contribution < 1.29 is 13.2 Å². The second-order valence-electron chi connectivity index (χ2n) is 8.29. The Morgan fingerprint density at radius 1 is 1.17 bits per heavy atom. The van der Waals surface area contributed by atoms with Crippen molar-refractivity contribution in [1.82, 2.24) is 5.32 Å². The molecular formula is C22H28N2O3S2. The van der Waals surface area contributed by atoms with E-state index in [9.17, 15) is 13.2 Å². The number of amides is 1. The van der Waals surface area contributed by atoms with Crippen LogP contribution in [0.15, 0.2) is 58.3 Å². The number of nitrogens with zero attached hydrogens (tertiary/aromatic N) is 1. The summed E-state index contributed by atoms with van der Waals surface area (Å²) < 4.78 is 28.2. The van der Waals surface area contributed by atoms with Crippen molar-refractivity contribution in [3.8, 4) is 0 Å². The molecule has 3 rings (SSSR count). The molecule has 0 fully saturated rings. The van der Waals surface area contributed by atoms with Gasteiger partial charge in [-0.3, -0.25) is 9.10 Å².